The highest BCUT2D eigenvalue weighted by Gasteiger charge is 2.36. The van der Waals surface area contributed by atoms with Crippen molar-refractivity contribution in [3.05, 3.63) is 28.3 Å². The number of aryl methyl sites for hydroxylation is 1. The van der Waals surface area contributed by atoms with Crippen molar-refractivity contribution >= 4 is 25.6 Å². The first kappa shape index (κ1) is 16.5. The van der Waals surface area contributed by atoms with E-state index in [1.165, 1.54) is 0 Å². The molecular weight excluding hydrogens is 274 g/mol. The molecule has 0 saturated carbocycles. The van der Waals surface area contributed by atoms with Gasteiger partial charge in [0, 0.05) is 17.3 Å². The van der Waals surface area contributed by atoms with Crippen molar-refractivity contribution in [2.45, 2.75) is 52.2 Å². The van der Waals surface area contributed by atoms with E-state index in [-0.39, 0.29) is 5.04 Å². The van der Waals surface area contributed by atoms with Crippen molar-refractivity contribution in [2.24, 2.45) is 0 Å². The van der Waals surface area contributed by atoms with Crippen LogP contribution in [0, 0.1) is 6.92 Å². The fourth-order valence-electron chi connectivity index (χ4n) is 1.56. The van der Waals surface area contributed by atoms with E-state index in [1.807, 2.05) is 19.1 Å². The Morgan fingerprint density at radius 2 is 1.84 bits per heavy atom. The summed E-state index contributed by atoms with van der Waals surface area (Å²) in [6.07, 6.45) is 0.815. The van der Waals surface area contributed by atoms with Crippen LogP contribution in [-0.4, -0.2) is 14.9 Å². The third kappa shape index (κ3) is 4.23. The van der Waals surface area contributed by atoms with Gasteiger partial charge >= 0.3 is 0 Å². The molecule has 4 heteroatoms. The zero-order valence-corrected chi connectivity index (χ0v) is 14.7. The van der Waals surface area contributed by atoms with Gasteiger partial charge in [0.1, 0.15) is 0 Å². The van der Waals surface area contributed by atoms with E-state index in [9.17, 15) is 0 Å². The van der Waals surface area contributed by atoms with Gasteiger partial charge in [-0.25, -0.2) is 0 Å². The van der Waals surface area contributed by atoms with Gasteiger partial charge in [0.15, 0.2) is 8.32 Å². The molecule has 1 rings (SSSR count). The smallest absolute Gasteiger partial charge is 0.191 e. The molecule has 0 aromatic heterocycles. The predicted octanol–water partition coefficient (Wildman–Crippen LogP) is 4.79. The number of benzene rings is 1. The maximum absolute atomic E-state index is 6.24. The zero-order chi connectivity index (χ0) is 14.8. The number of nitrogens with two attached hydrogens (primary N) is 1. The molecule has 1 aromatic carbocycles. The molecule has 0 saturated heterocycles. The number of halogens is 1. The van der Waals surface area contributed by atoms with Crippen LogP contribution in [0.5, 0.6) is 0 Å². The van der Waals surface area contributed by atoms with Crippen molar-refractivity contribution < 1.29 is 4.43 Å². The molecule has 0 aliphatic carbocycles. The Bertz CT molecular complexity index is 452. The van der Waals surface area contributed by atoms with E-state index in [2.05, 4.69) is 33.9 Å². The second kappa shape index (κ2) is 5.86. The fraction of sp³-hybridized carbons (Fsp3) is 0.600. The topological polar surface area (TPSA) is 35.2 Å². The van der Waals surface area contributed by atoms with E-state index < -0.39 is 8.32 Å². The van der Waals surface area contributed by atoms with Crippen molar-refractivity contribution in [3.8, 4) is 0 Å². The van der Waals surface area contributed by atoms with Crippen LogP contribution >= 0.6 is 11.6 Å². The van der Waals surface area contributed by atoms with Crippen LogP contribution in [0.3, 0.4) is 0 Å². The minimum atomic E-state index is -1.67. The van der Waals surface area contributed by atoms with Crippen LogP contribution < -0.4 is 5.73 Å². The van der Waals surface area contributed by atoms with Crippen LogP contribution in [-0.2, 0) is 10.8 Å². The molecule has 0 bridgehead atoms. The van der Waals surface area contributed by atoms with Crippen molar-refractivity contribution in [3.63, 3.8) is 0 Å². The van der Waals surface area contributed by atoms with Gasteiger partial charge in [0.25, 0.3) is 0 Å². The van der Waals surface area contributed by atoms with Gasteiger partial charge < -0.3 is 10.2 Å². The van der Waals surface area contributed by atoms with Crippen LogP contribution in [0.2, 0.25) is 23.2 Å². The molecule has 0 unspecified atom stereocenters. The Morgan fingerprint density at radius 1 is 1.26 bits per heavy atom. The number of anilines is 1. The van der Waals surface area contributed by atoms with Gasteiger partial charge in [0.05, 0.1) is 0 Å². The summed E-state index contributed by atoms with van der Waals surface area (Å²) in [5, 5.41) is 1.02. The summed E-state index contributed by atoms with van der Waals surface area (Å²) in [5.74, 6) is 0. The Balaban J connectivity index is 2.67. The molecule has 2 N–H and O–H groups in total. The molecule has 0 heterocycles. The third-order valence-electron chi connectivity index (χ3n) is 4.08. The Hall–Kier alpha value is -0.513. The monoisotopic (exact) mass is 299 g/mol. The summed E-state index contributed by atoms with van der Waals surface area (Å²) in [6.45, 7) is 13.9. The highest BCUT2D eigenvalue weighted by Crippen LogP contribution is 2.36. The molecule has 0 amide bonds. The average Bonchev–Trinajstić information content (AvgIpc) is 2.23. The lowest BCUT2D eigenvalue weighted by Crippen LogP contribution is -2.41. The third-order valence-corrected chi connectivity index (χ3v) is 8.97. The second-order valence-corrected chi connectivity index (χ2v) is 11.9. The van der Waals surface area contributed by atoms with E-state index in [4.69, 9.17) is 21.8 Å². The number of hydrogen-bond donors (Lipinski definition) is 1. The molecular formula is C15H26ClNOSi. The molecule has 0 aliphatic rings. The van der Waals surface area contributed by atoms with Crippen LogP contribution in [0.1, 0.15) is 31.9 Å². The lowest BCUT2D eigenvalue weighted by atomic mass is 10.1. The number of rotatable bonds is 4. The fourth-order valence-corrected chi connectivity index (χ4v) is 2.92. The number of nitrogen functional groups attached to an aromatic ring is 1. The SMILES string of the molecule is Cc1cc(Cl)c(CCO[Si](C)(C)C(C)(C)C)cc1N. The molecule has 0 fully saturated rings. The van der Waals surface area contributed by atoms with E-state index in [1.54, 1.807) is 0 Å². The van der Waals surface area contributed by atoms with Crippen LogP contribution in [0.15, 0.2) is 12.1 Å². The normalized spacial score (nSPS) is 12.8. The summed E-state index contributed by atoms with van der Waals surface area (Å²) in [7, 11) is -1.67. The Labute approximate surface area is 123 Å². The van der Waals surface area contributed by atoms with Gasteiger partial charge in [0.2, 0.25) is 0 Å². The van der Waals surface area contributed by atoms with E-state index in [0.717, 1.165) is 28.3 Å². The molecule has 0 aliphatic heterocycles. The quantitative estimate of drug-likeness (QED) is 0.640. The summed E-state index contributed by atoms with van der Waals surface area (Å²) in [5.41, 5.74) is 8.82. The summed E-state index contributed by atoms with van der Waals surface area (Å²) in [4.78, 5) is 0. The van der Waals surface area contributed by atoms with Crippen molar-refractivity contribution in [2.75, 3.05) is 12.3 Å². The minimum Gasteiger partial charge on any atom is -0.416 e. The highest BCUT2D eigenvalue weighted by atomic mass is 35.5. The predicted molar refractivity (Wildman–Crippen MR) is 87.5 cm³/mol. The lowest BCUT2D eigenvalue weighted by Gasteiger charge is -2.36. The first-order chi connectivity index (χ1) is 8.54. The van der Waals surface area contributed by atoms with Gasteiger partial charge in [-0.05, 0) is 54.7 Å². The molecule has 0 atom stereocenters. The minimum absolute atomic E-state index is 0.239. The molecule has 0 spiro atoms. The van der Waals surface area contributed by atoms with Gasteiger partial charge in [-0.3, -0.25) is 0 Å². The molecule has 1 aromatic rings. The lowest BCUT2D eigenvalue weighted by molar-refractivity contribution is 0.292. The summed E-state index contributed by atoms with van der Waals surface area (Å²) in [6, 6.07) is 3.89. The summed E-state index contributed by atoms with van der Waals surface area (Å²) < 4.78 is 6.16. The van der Waals surface area contributed by atoms with Gasteiger partial charge in [-0.15, -0.1) is 0 Å². The maximum Gasteiger partial charge on any atom is 0.191 e. The Kier molecular flexibility index (Phi) is 5.10. The number of hydrogen-bond acceptors (Lipinski definition) is 2. The maximum atomic E-state index is 6.24. The first-order valence-electron chi connectivity index (χ1n) is 6.73. The van der Waals surface area contributed by atoms with E-state index >= 15 is 0 Å². The standard InChI is InChI=1S/C15H26ClNOSi/c1-11-9-13(16)12(10-14(11)17)7-8-18-19(5,6)15(2,3)4/h9-10H,7-8,17H2,1-6H3. The van der Waals surface area contributed by atoms with E-state index in [0.29, 0.717) is 6.61 Å². The second-order valence-electron chi connectivity index (χ2n) is 6.66. The first-order valence-corrected chi connectivity index (χ1v) is 10.0. The van der Waals surface area contributed by atoms with Crippen molar-refractivity contribution in [1.82, 2.24) is 0 Å². The largest absolute Gasteiger partial charge is 0.416 e. The average molecular weight is 300 g/mol. The van der Waals surface area contributed by atoms with Crippen LogP contribution in [0.4, 0.5) is 5.69 Å². The summed E-state index contributed by atoms with van der Waals surface area (Å²) >= 11 is 6.24. The van der Waals surface area contributed by atoms with Gasteiger partial charge in [-0.2, -0.15) is 0 Å². The Morgan fingerprint density at radius 3 is 2.37 bits per heavy atom. The highest BCUT2D eigenvalue weighted by molar-refractivity contribution is 6.74. The van der Waals surface area contributed by atoms with Crippen molar-refractivity contribution in [1.29, 1.82) is 0 Å². The molecule has 108 valence electrons. The zero-order valence-electron chi connectivity index (χ0n) is 12.9. The molecule has 2 nitrogen and oxygen atoms in total. The molecule has 19 heavy (non-hydrogen) atoms. The van der Waals surface area contributed by atoms with Gasteiger partial charge in [-0.1, -0.05) is 32.4 Å². The van der Waals surface area contributed by atoms with Crippen LogP contribution in [0.25, 0.3) is 0 Å². The molecule has 0 radical (unpaired) electrons.